The molecule has 0 saturated carbocycles. The summed E-state index contributed by atoms with van der Waals surface area (Å²) in [6, 6.07) is 6.54. The van der Waals surface area contributed by atoms with Crippen molar-refractivity contribution in [1.29, 1.82) is 0 Å². The molecule has 1 aromatic rings. The molecule has 1 atom stereocenters. The number of hydrogen-bond donors (Lipinski definition) is 2. The molecular weight excluding hydrogens is 256 g/mol. The molecule has 0 bridgehead atoms. The third-order valence-corrected chi connectivity index (χ3v) is 5.14. The summed E-state index contributed by atoms with van der Waals surface area (Å²) in [5.74, 6) is 0.904. The highest BCUT2D eigenvalue weighted by Crippen LogP contribution is 2.36. The quantitative estimate of drug-likeness (QED) is 0.872. The number of anilines is 1. The molecule has 1 amide bonds. The van der Waals surface area contributed by atoms with Crippen molar-refractivity contribution in [3.8, 4) is 0 Å². The normalized spacial score (nSPS) is 23.8. The first kappa shape index (κ1) is 13.0. The van der Waals surface area contributed by atoms with Crippen LogP contribution in [-0.2, 0) is 11.2 Å². The Balaban J connectivity index is 1.74. The second kappa shape index (κ2) is 5.55. The van der Waals surface area contributed by atoms with Gasteiger partial charge in [-0.3, -0.25) is 4.79 Å². The minimum Gasteiger partial charge on any atom is -0.324 e. The number of amides is 1. The fourth-order valence-corrected chi connectivity index (χ4v) is 3.73. The van der Waals surface area contributed by atoms with Crippen molar-refractivity contribution in [1.82, 2.24) is 5.32 Å². The van der Waals surface area contributed by atoms with Crippen LogP contribution in [0.25, 0.3) is 0 Å². The minimum atomic E-state index is 0.0165. The summed E-state index contributed by atoms with van der Waals surface area (Å²) in [6.45, 7) is 4.23. The van der Waals surface area contributed by atoms with Crippen molar-refractivity contribution in [2.24, 2.45) is 5.92 Å². The van der Waals surface area contributed by atoms with Crippen LogP contribution in [0.5, 0.6) is 0 Å². The molecule has 19 heavy (non-hydrogen) atoms. The first-order chi connectivity index (χ1) is 9.22. The summed E-state index contributed by atoms with van der Waals surface area (Å²) in [6.07, 6.45) is 3.65. The Bertz CT molecular complexity index is 483. The van der Waals surface area contributed by atoms with Crippen LogP contribution in [0.3, 0.4) is 0 Å². The highest BCUT2D eigenvalue weighted by molar-refractivity contribution is 8.00. The average molecular weight is 276 g/mol. The number of hydrogen-bond acceptors (Lipinski definition) is 3. The van der Waals surface area contributed by atoms with Crippen LogP contribution in [0.4, 0.5) is 5.69 Å². The van der Waals surface area contributed by atoms with Crippen LogP contribution >= 0.6 is 11.8 Å². The Morgan fingerprint density at radius 2 is 2.11 bits per heavy atom. The van der Waals surface area contributed by atoms with Crippen LogP contribution in [0.2, 0.25) is 0 Å². The van der Waals surface area contributed by atoms with Crippen molar-refractivity contribution in [2.75, 3.05) is 18.4 Å². The van der Waals surface area contributed by atoms with Crippen LogP contribution in [0.15, 0.2) is 23.1 Å². The lowest BCUT2D eigenvalue weighted by atomic mass is 9.91. The summed E-state index contributed by atoms with van der Waals surface area (Å²) >= 11 is 1.65. The summed E-state index contributed by atoms with van der Waals surface area (Å²) < 4.78 is 0. The van der Waals surface area contributed by atoms with E-state index in [1.807, 2.05) is 6.92 Å². The van der Waals surface area contributed by atoms with E-state index in [4.69, 9.17) is 0 Å². The molecule has 2 heterocycles. The minimum absolute atomic E-state index is 0.0165. The first-order valence-corrected chi connectivity index (χ1v) is 7.91. The molecule has 1 aromatic carbocycles. The van der Waals surface area contributed by atoms with Gasteiger partial charge in [-0.05, 0) is 62.9 Å². The summed E-state index contributed by atoms with van der Waals surface area (Å²) in [5, 5.41) is 6.43. The Hall–Kier alpha value is -1.00. The van der Waals surface area contributed by atoms with Crippen molar-refractivity contribution in [3.05, 3.63) is 23.8 Å². The van der Waals surface area contributed by atoms with E-state index >= 15 is 0 Å². The van der Waals surface area contributed by atoms with Crippen molar-refractivity contribution >= 4 is 23.4 Å². The maximum Gasteiger partial charge on any atom is 0.237 e. The molecule has 1 saturated heterocycles. The lowest BCUT2D eigenvalue weighted by Crippen LogP contribution is -2.29. The molecule has 0 aromatic heterocycles. The topological polar surface area (TPSA) is 41.1 Å². The van der Waals surface area contributed by atoms with Crippen LogP contribution in [-0.4, -0.2) is 24.2 Å². The third kappa shape index (κ3) is 2.95. The van der Waals surface area contributed by atoms with Gasteiger partial charge in [0.05, 0.1) is 10.9 Å². The van der Waals surface area contributed by atoms with E-state index in [9.17, 15) is 4.79 Å². The summed E-state index contributed by atoms with van der Waals surface area (Å²) in [7, 11) is 0. The molecule has 1 unspecified atom stereocenters. The maximum absolute atomic E-state index is 11.7. The Kier molecular flexibility index (Phi) is 3.80. The van der Waals surface area contributed by atoms with Crippen LogP contribution in [0.1, 0.15) is 25.3 Å². The van der Waals surface area contributed by atoms with Crippen molar-refractivity contribution in [2.45, 2.75) is 36.3 Å². The predicted molar refractivity (Wildman–Crippen MR) is 79.7 cm³/mol. The summed E-state index contributed by atoms with van der Waals surface area (Å²) in [4.78, 5) is 12.9. The van der Waals surface area contributed by atoms with Gasteiger partial charge in [0.1, 0.15) is 0 Å². The highest BCUT2D eigenvalue weighted by Gasteiger charge is 2.23. The molecule has 2 aliphatic heterocycles. The van der Waals surface area contributed by atoms with E-state index in [0.717, 1.165) is 31.1 Å². The fraction of sp³-hybridized carbons (Fsp3) is 0.533. The van der Waals surface area contributed by atoms with Gasteiger partial charge in [0, 0.05) is 4.90 Å². The third-order valence-electron chi connectivity index (χ3n) is 3.96. The highest BCUT2D eigenvalue weighted by atomic mass is 32.2. The number of carbonyl (C=O) groups is 1. The van der Waals surface area contributed by atoms with Crippen LogP contribution in [0, 0.1) is 5.92 Å². The predicted octanol–water partition coefficient (Wildman–Crippen LogP) is 2.66. The van der Waals surface area contributed by atoms with Gasteiger partial charge in [0.2, 0.25) is 5.91 Å². The van der Waals surface area contributed by atoms with E-state index in [1.54, 1.807) is 11.8 Å². The number of rotatable bonds is 2. The number of fused-ring (bicyclic) bond motifs is 1. The van der Waals surface area contributed by atoms with E-state index in [1.165, 1.54) is 23.3 Å². The van der Waals surface area contributed by atoms with E-state index in [-0.39, 0.29) is 11.2 Å². The molecule has 0 spiro atoms. The second-order valence-electron chi connectivity index (χ2n) is 5.48. The van der Waals surface area contributed by atoms with Gasteiger partial charge in [0.15, 0.2) is 0 Å². The molecule has 0 aliphatic carbocycles. The standard InChI is InChI=1S/C15H20N2OS/c1-10-15(18)17-13-9-12(2-3-14(13)19-10)8-11-4-6-16-7-5-11/h2-3,9-11,16H,4-8H2,1H3,(H,17,18). The van der Waals surface area contributed by atoms with Crippen molar-refractivity contribution < 1.29 is 4.79 Å². The molecule has 2 aliphatic rings. The van der Waals surface area contributed by atoms with Gasteiger partial charge in [0.25, 0.3) is 0 Å². The molecule has 102 valence electrons. The van der Waals surface area contributed by atoms with Crippen molar-refractivity contribution in [3.63, 3.8) is 0 Å². The molecule has 3 nitrogen and oxygen atoms in total. The van der Waals surface area contributed by atoms with E-state index in [2.05, 4.69) is 28.8 Å². The zero-order valence-electron chi connectivity index (χ0n) is 11.2. The van der Waals surface area contributed by atoms with Gasteiger partial charge in [-0.1, -0.05) is 6.07 Å². The van der Waals surface area contributed by atoms with Crippen LogP contribution < -0.4 is 10.6 Å². The molecular formula is C15H20N2OS. The van der Waals surface area contributed by atoms with E-state index in [0.29, 0.717) is 0 Å². The largest absolute Gasteiger partial charge is 0.324 e. The smallest absolute Gasteiger partial charge is 0.237 e. The number of carbonyl (C=O) groups excluding carboxylic acids is 1. The fourth-order valence-electron chi connectivity index (χ4n) is 2.80. The zero-order chi connectivity index (χ0) is 13.2. The second-order valence-corrected chi connectivity index (χ2v) is 6.86. The van der Waals surface area contributed by atoms with Gasteiger partial charge < -0.3 is 10.6 Å². The maximum atomic E-state index is 11.7. The molecule has 3 rings (SSSR count). The number of benzene rings is 1. The monoisotopic (exact) mass is 276 g/mol. The Morgan fingerprint density at radius 1 is 1.32 bits per heavy atom. The summed E-state index contributed by atoms with van der Waals surface area (Å²) in [5.41, 5.74) is 2.35. The van der Waals surface area contributed by atoms with E-state index < -0.39 is 0 Å². The number of nitrogens with one attached hydrogen (secondary N) is 2. The molecule has 0 radical (unpaired) electrons. The SMILES string of the molecule is CC1Sc2ccc(CC3CCNCC3)cc2NC1=O. The Labute approximate surface area is 118 Å². The van der Waals surface area contributed by atoms with Gasteiger partial charge >= 0.3 is 0 Å². The first-order valence-electron chi connectivity index (χ1n) is 7.03. The lowest BCUT2D eigenvalue weighted by Gasteiger charge is -2.25. The Morgan fingerprint density at radius 3 is 2.89 bits per heavy atom. The molecule has 2 N–H and O–H groups in total. The average Bonchev–Trinajstić information content (AvgIpc) is 2.42. The zero-order valence-corrected chi connectivity index (χ0v) is 12.1. The molecule has 4 heteroatoms. The number of thioether (sulfide) groups is 1. The lowest BCUT2D eigenvalue weighted by molar-refractivity contribution is -0.115. The van der Waals surface area contributed by atoms with Gasteiger partial charge in [-0.15, -0.1) is 11.8 Å². The van der Waals surface area contributed by atoms with Gasteiger partial charge in [-0.25, -0.2) is 0 Å². The van der Waals surface area contributed by atoms with Gasteiger partial charge in [-0.2, -0.15) is 0 Å². The number of piperidine rings is 1. The molecule has 1 fully saturated rings.